The standard InChI is InChI=1S/C19H24N4O2S/c1-2-12-23(15-10-11-20-13-15)18(24)16-8-9-17(26-16)22-19(25)21-14-6-4-3-5-7-14/h3-9,15,20H,2,10-13H2,1H3,(H2,21,22,25). The molecule has 2 heterocycles. The van der Waals surface area contributed by atoms with Gasteiger partial charge >= 0.3 is 6.03 Å². The first-order valence-electron chi connectivity index (χ1n) is 8.92. The molecule has 1 aromatic heterocycles. The summed E-state index contributed by atoms with van der Waals surface area (Å²) in [5.74, 6) is 0.0436. The molecule has 26 heavy (non-hydrogen) atoms. The Morgan fingerprint density at radius 1 is 1.19 bits per heavy atom. The number of para-hydroxylation sites is 1. The lowest BCUT2D eigenvalue weighted by molar-refractivity contribution is 0.0697. The molecule has 1 atom stereocenters. The molecule has 3 amide bonds. The van der Waals surface area contributed by atoms with Crippen molar-refractivity contribution in [2.75, 3.05) is 30.3 Å². The Bertz CT molecular complexity index is 741. The number of thiophene rings is 1. The van der Waals surface area contributed by atoms with Crippen LogP contribution in [0.15, 0.2) is 42.5 Å². The van der Waals surface area contributed by atoms with Gasteiger partial charge in [0.1, 0.15) is 0 Å². The molecular formula is C19H24N4O2S. The molecule has 3 rings (SSSR count). The normalized spacial score (nSPS) is 16.3. The fourth-order valence-electron chi connectivity index (χ4n) is 3.05. The molecule has 1 aromatic carbocycles. The summed E-state index contributed by atoms with van der Waals surface area (Å²) in [4.78, 5) is 27.6. The van der Waals surface area contributed by atoms with E-state index in [-0.39, 0.29) is 18.0 Å². The van der Waals surface area contributed by atoms with Crippen LogP contribution < -0.4 is 16.0 Å². The van der Waals surface area contributed by atoms with Crippen LogP contribution in [0.5, 0.6) is 0 Å². The van der Waals surface area contributed by atoms with Crippen molar-refractivity contribution in [3.8, 4) is 0 Å². The minimum absolute atomic E-state index is 0.0436. The van der Waals surface area contributed by atoms with Gasteiger partial charge in [-0.3, -0.25) is 10.1 Å². The quantitative estimate of drug-likeness (QED) is 0.725. The molecule has 1 aliphatic heterocycles. The molecule has 0 spiro atoms. The van der Waals surface area contributed by atoms with E-state index in [0.717, 1.165) is 38.2 Å². The monoisotopic (exact) mass is 372 g/mol. The van der Waals surface area contributed by atoms with E-state index in [1.807, 2.05) is 35.2 Å². The third-order valence-corrected chi connectivity index (χ3v) is 5.27. The Morgan fingerprint density at radius 3 is 2.69 bits per heavy atom. The van der Waals surface area contributed by atoms with Gasteiger partial charge in [-0.25, -0.2) is 4.79 Å². The van der Waals surface area contributed by atoms with Gasteiger partial charge in [-0.05, 0) is 43.7 Å². The van der Waals surface area contributed by atoms with Gasteiger partial charge in [-0.15, -0.1) is 11.3 Å². The Balaban J connectivity index is 1.62. The van der Waals surface area contributed by atoms with E-state index in [9.17, 15) is 9.59 Å². The van der Waals surface area contributed by atoms with Gasteiger partial charge in [-0.1, -0.05) is 25.1 Å². The second-order valence-electron chi connectivity index (χ2n) is 6.25. The molecule has 1 fully saturated rings. The summed E-state index contributed by atoms with van der Waals surface area (Å²) in [6.07, 6.45) is 1.92. The van der Waals surface area contributed by atoms with Crippen molar-refractivity contribution in [1.82, 2.24) is 10.2 Å². The maximum atomic E-state index is 12.9. The minimum Gasteiger partial charge on any atom is -0.334 e. The largest absolute Gasteiger partial charge is 0.334 e. The van der Waals surface area contributed by atoms with Crippen LogP contribution in [0, 0.1) is 0 Å². The zero-order valence-electron chi connectivity index (χ0n) is 14.8. The molecule has 6 nitrogen and oxygen atoms in total. The molecule has 2 aromatic rings. The van der Waals surface area contributed by atoms with Gasteiger partial charge in [0.2, 0.25) is 0 Å². The number of nitrogens with zero attached hydrogens (tertiary/aromatic N) is 1. The predicted octanol–water partition coefficient (Wildman–Crippen LogP) is 3.61. The van der Waals surface area contributed by atoms with Crippen LogP contribution >= 0.6 is 11.3 Å². The summed E-state index contributed by atoms with van der Waals surface area (Å²) in [6, 6.07) is 12.8. The maximum absolute atomic E-state index is 12.9. The fraction of sp³-hybridized carbons (Fsp3) is 0.368. The topological polar surface area (TPSA) is 73.5 Å². The first-order valence-corrected chi connectivity index (χ1v) is 9.73. The number of amides is 3. The van der Waals surface area contributed by atoms with Gasteiger partial charge in [0, 0.05) is 24.8 Å². The van der Waals surface area contributed by atoms with Gasteiger partial charge in [0.05, 0.1) is 9.88 Å². The Hall–Kier alpha value is -2.38. The molecule has 138 valence electrons. The molecule has 1 unspecified atom stereocenters. The molecular weight excluding hydrogens is 348 g/mol. The minimum atomic E-state index is -0.317. The van der Waals surface area contributed by atoms with Crippen LogP contribution in [0.3, 0.4) is 0 Å². The molecule has 3 N–H and O–H groups in total. The number of carbonyl (C=O) groups is 2. The first-order chi connectivity index (χ1) is 12.7. The lowest BCUT2D eigenvalue weighted by atomic mass is 10.2. The SMILES string of the molecule is CCCN(C(=O)c1ccc(NC(=O)Nc2ccccc2)s1)C1CCNC1. The average Bonchev–Trinajstić information content (AvgIpc) is 3.32. The number of carbonyl (C=O) groups excluding carboxylic acids is 2. The van der Waals surface area contributed by atoms with E-state index in [0.29, 0.717) is 9.88 Å². The third kappa shape index (κ3) is 4.62. The van der Waals surface area contributed by atoms with Crippen molar-refractivity contribution < 1.29 is 9.59 Å². The van der Waals surface area contributed by atoms with E-state index in [4.69, 9.17) is 0 Å². The van der Waals surface area contributed by atoms with E-state index in [1.165, 1.54) is 11.3 Å². The van der Waals surface area contributed by atoms with Crippen LogP contribution in [0.4, 0.5) is 15.5 Å². The van der Waals surface area contributed by atoms with Gasteiger partial charge < -0.3 is 15.5 Å². The fourth-order valence-corrected chi connectivity index (χ4v) is 3.91. The van der Waals surface area contributed by atoms with Gasteiger partial charge in [0.25, 0.3) is 5.91 Å². The zero-order valence-corrected chi connectivity index (χ0v) is 15.6. The van der Waals surface area contributed by atoms with Crippen LogP contribution in [0.25, 0.3) is 0 Å². The molecule has 1 aliphatic rings. The number of rotatable bonds is 6. The predicted molar refractivity (Wildman–Crippen MR) is 106 cm³/mol. The summed E-state index contributed by atoms with van der Waals surface area (Å²) in [6.45, 7) is 4.63. The Kier molecular flexibility index (Phi) is 6.25. The zero-order chi connectivity index (χ0) is 18.4. The highest BCUT2D eigenvalue weighted by Gasteiger charge is 2.27. The first kappa shape index (κ1) is 18.4. The Labute approximate surface area is 157 Å². The Morgan fingerprint density at radius 2 is 2.00 bits per heavy atom. The van der Waals surface area contributed by atoms with Crippen molar-refractivity contribution in [3.63, 3.8) is 0 Å². The molecule has 0 saturated carbocycles. The summed E-state index contributed by atoms with van der Waals surface area (Å²) in [5.41, 5.74) is 0.723. The van der Waals surface area contributed by atoms with E-state index >= 15 is 0 Å². The second-order valence-corrected chi connectivity index (χ2v) is 7.34. The van der Waals surface area contributed by atoms with Gasteiger partial charge in [-0.2, -0.15) is 0 Å². The van der Waals surface area contributed by atoms with E-state index in [1.54, 1.807) is 12.1 Å². The number of hydrogen-bond acceptors (Lipinski definition) is 4. The highest BCUT2D eigenvalue weighted by molar-refractivity contribution is 7.18. The number of benzene rings is 1. The lowest BCUT2D eigenvalue weighted by Crippen LogP contribution is -2.41. The number of hydrogen-bond donors (Lipinski definition) is 3. The highest BCUT2D eigenvalue weighted by Crippen LogP contribution is 2.25. The van der Waals surface area contributed by atoms with Crippen molar-refractivity contribution in [2.45, 2.75) is 25.8 Å². The lowest BCUT2D eigenvalue weighted by Gasteiger charge is -2.27. The molecule has 0 radical (unpaired) electrons. The summed E-state index contributed by atoms with van der Waals surface area (Å²) >= 11 is 1.31. The van der Waals surface area contributed by atoms with Crippen LogP contribution in [-0.4, -0.2) is 42.5 Å². The molecule has 1 saturated heterocycles. The summed E-state index contributed by atoms with van der Waals surface area (Å²) < 4.78 is 0. The number of nitrogens with one attached hydrogen (secondary N) is 3. The molecule has 7 heteroatoms. The van der Waals surface area contributed by atoms with Crippen LogP contribution in [0.2, 0.25) is 0 Å². The summed E-state index contributed by atoms with van der Waals surface area (Å²) in [7, 11) is 0. The van der Waals surface area contributed by atoms with Gasteiger partial charge in [0.15, 0.2) is 0 Å². The smallest absolute Gasteiger partial charge is 0.324 e. The number of anilines is 2. The van der Waals surface area contributed by atoms with Crippen LogP contribution in [0.1, 0.15) is 29.4 Å². The molecule has 0 aliphatic carbocycles. The van der Waals surface area contributed by atoms with E-state index in [2.05, 4.69) is 22.9 Å². The highest BCUT2D eigenvalue weighted by atomic mass is 32.1. The van der Waals surface area contributed by atoms with E-state index < -0.39 is 0 Å². The summed E-state index contributed by atoms with van der Waals surface area (Å²) in [5, 5.41) is 9.53. The van der Waals surface area contributed by atoms with Crippen LogP contribution in [-0.2, 0) is 0 Å². The maximum Gasteiger partial charge on any atom is 0.324 e. The van der Waals surface area contributed by atoms with Crippen molar-refractivity contribution in [3.05, 3.63) is 47.3 Å². The molecule has 0 bridgehead atoms. The third-order valence-electron chi connectivity index (χ3n) is 4.29. The second kappa shape index (κ2) is 8.82. The number of urea groups is 1. The van der Waals surface area contributed by atoms with Crippen molar-refractivity contribution in [2.24, 2.45) is 0 Å². The van der Waals surface area contributed by atoms with Crippen molar-refractivity contribution >= 4 is 34.0 Å². The van der Waals surface area contributed by atoms with Crippen molar-refractivity contribution in [1.29, 1.82) is 0 Å². The average molecular weight is 372 g/mol.